The van der Waals surface area contributed by atoms with Crippen molar-refractivity contribution in [2.24, 2.45) is 5.73 Å². The smallest absolute Gasteiger partial charge is 0.267 e. The zero-order chi connectivity index (χ0) is 6.69. The van der Waals surface area contributed by atoms with Crippen LogP contribution in [-0.2, 0) is 15.7 Å². The maximum absolute atomic E-state index is 10.4. The van der Waals surface area contributed by atoms with E-state index >= 15 is 0 Å². The fourth-order valence-corrected chi connectivity index (χ4v) is 3.18. The predicted octanol–water partition coefficient (Wildman–Crippen LogP) is -3.11. The van der Waals surface area contributed by atoms with Crippen molar-refractivity contribution in [3.8, 4) is 0 Å². The van der Waals surface area contributed by atoms with Crippen LogP contribution in [0.25, 0.3) is 0 Å². The Morgan fingerprint density at radius 1 is 1.40 bits per heavy atom. The van der Waals surface area contributed by atoms with Crippen LogP contribution in [0.15, 0.2) is 0 Å². The fraction of sp³-hybridized carbons (Fsp3) is 0.833. The lowest BCUT2D eigenvalue weighted by atomic mass is 10.4. The third kappa shape index (κ3) is 3.32. The first-order chi connectivity index (χ1) is 4.29. The van der Waals surface area contributed by atoms with Crippen LogP contribution in [0.4, 0.5) is 0 Å². The molecule has 2 N–H and O–H groups in total. The van der Waals surface area contributed by atoms with Crippen LogP contribution < -0.4 is 18.1 Å². The van der Waals surface area contributed by atoms with Crippen LogP contribution in [0.5, 0.6) is 0 Å². The first kappa shape index (κ1) is 10.1. The molecule has 0 aromatic rings. The molecule has 0 aromatic heterocycles. The van der Waals surface area contributed by atoms with Gasteiger partial charge in [0.1, 0.15) is 11.5 Å². The molecule has 60 valence electrons. The molecule has 0 saturated carbocycles. The van der Waals surface area contributed by atoms with Crippen LogP contribution in [0.1, 0.15) is 12.8 Å². The molecule has 1 aliphatic rings. The zero-order valence-corrected chi connectivity index (χ0v) is 7.38. The summed E-state index contributed by atoms with van der Waals surface area (Å²) in [4.78, 5) is 10.4. The van der Waals surface area contributed by atoms with Crippen molar-refractivity contribution in [3.05, 3.63) is 0 Å². The van der Waals surface area contributed by atoms with E-state index < -0.39 is 0 Å². The first-order valence-electron chi connectivity index (χ1n) is 3.21. The SMILES string of the molecule is NC(=O)C[S+]1CCCC1.[Cl-]. The van der Waals surface area contributed by atoms with Crippen molar-refractivity contribution in [2.75, 3.05) is 17.3 Å². The lowest BCUT2D eigenvalue weighted by molar-refractivity contribution is -0.115. The van der Waals surface area contributed by atoms with Gasteiger partial charge in [-0.15, -0.1) is 0 Å². The number of amides is 1. The van der Waals surface area contributed by atoms with Crippen molar-refractivity contribution in [3.63, 3.8) is 0 Å². The van der Waals surface area contributed by atoms with Gasteiger partial charge in [0, 0.05) is 0 Å². The third-order valence-corrected chi connectivity index (χ3v) is 3.89. The molecule has 0 atom stereocenters. The highest BCUT2D eigenvalue weighted by molar-refractivity contribution is 7.97. The van der Waals surface area contributed by atoms with Gasteiger partial charge in [-0.3, -0.25) is 4.79 Å². The Hall–Kier alpha value is 0.110. The first-order valence-corrected chi connectivity index (χ1v) is 4.94. The van der Waals surface area contributed by atoms with Gasteiger partial charge < -0.3 is 18.1 Å². The van der Waals surface area contributed by atoms with Gasteiger partial charge in [-0.1, -0.05) is 0 Å². The van der Waals surface area contributed by atoms with E-state index in [0.29, 0.717) is 16.6 Å². The number of halogens is 1. The van der Waals surface area contributed by atoms with Gasteiger partial charge in [-0.05, 0) is 23.7 Å². The summed E-state index contributed by atoms with van der Waals surface area (Å²) in [5, 5.41) is 0. The molecule has 2 nitrogen and oxygen atoms in total. The molecule has 1 rings (SSSR count). The van der Waals surface area contributed by atoms with Crippen LogP contribution in [0.2, 0.25) is 0 Å². The van der Waals surface area contributed by atoms with E-state index in [0.717, 1.165) is 0 Å². The van der Waals surface area contributed by atoms with E-state index in [2.05, 4.69) is 0 Å². The number of primary amides is 1. The van der Waals surface area contributed by atoms with E-state index in [-0.39, 0.29) is 18.3 Å². The summed E-state index contributed by atoms with van der Waals surface area (Å²) in [5.74, 6) is 2.99. The molecule has 0 radical (unpaired) electrons. The summed E-state index contributed by atoms with van der Waals surface area (Å²) in [6.07, 6.45) is 2.60. The molecule has 1 heterocycles. The predicted molar refractivity (Wildman–Crippen MR) is 40.4 cm³/mol. The largest absolute Gasteiger partial charge is 1.00 e. The number of nitrogens with two attached hydrogens (primary N) is 1. The van der Waals surface area contributed by atoms with Gasteiger partial charge in [-0.25, -0.2) is 0 Å². The minimum atomic E-state index is -0.125. The molecule has 4 heteroatoms. The molecule has 1 amide bonds. The van der Waals surface area contributed by atoms with Gasteiger partial charge >= 0.3 is 0 Å². The van der Waals surface area contributed by atoms with Gasteiger partial charge in [0.2, 0.25) is 0 Å². The van der Waals surface area contributed by atoms with Gasteiger partial charge in [0.15, 0.2) is 5.75 Å². The monoisotopic (exact) mass is 181 g/mol. The van der Waals surface area contributed by atoms with E-state index in [1.54, 1.807) is 0 Å². The third-order valence-electron chi connectivity index (χ3n) is 1.46. The summed E-state index contributed by atoms with van der Waals surface area (Å²) in [7, 11) is 0.368. The minimum Gasteiger partial charge on any atom is -1.00 e. The number of rotatable bonds is 2. The van der Waals surface area contributed by atoms with Crippen LogP contribution in [-0.4, -0.2) is 23.2 Å². The average Bonchev–Trinajstić information content (AvgIpc) is 2.15. The lowest BCUT2D eigenvalue weighted by Gasteiger charge is -1.93. The molecule has 1 saturated heterocycles. The number of hydrogen-bond acceptors (Lipinski definition) is 1. The average molecular weight is 182 g/mol. The molecule has 0 spiro atoms. The molecule has 0 aliphatic carbocycles. The second-order valence-electron chi connectivity index (χ2n) is 2.34. The van der Waals surface area contributed by atoms with Crippen molar-refractivity contribution < 1.29 is 17.2 Å². The topological polar surface area (TPSA) is 43.1 Å². The van der Waals surface area contributed by atoms with E-state index in [1.807, 2.05) is 0 Å². The van der Waals surface area contributed by atoms with Crippen LogP contribution in [0, 0.1) is 0 Å². The maximum atomic E-state index is 10.4. The molecular formula is C6H12ClNOS. The summed E-state index contributed by atoms with van der Waals surface area (Å²) in [5.41, 5.74) is 5.04. The Labute approximate surface area is 70.3 Å². The standard InChI is InChI=1S/C6H11NOS.ClH/c7-6(8)5-9-3-1-2-4-9;/h1-5H2,(H-,7,8);1H. The maximum Gasteiger partial charge on any atom is 0.267 e. The van der Waals surface area contributed by atoms with E-state index in [1.165, 1.54) is 24.3 Å². The molecule has 0 unspecified atom stereocenters. The Bertz CT molecular complexity index is 114. The van der Waals surface area contributed by atoms with E-state index in [9.17, 15) is 4.79 Å². The van der Waals surface area contributed by atoms with Gasteiger partial charge in [0.25, 0.3) is 5.91 Å². The van der Waals surface area contributed by atoms with Crippen molar-refractivity contribution >= 4 is 16.8 Å². The van der Waals surface area contributed by atoms with Crippen molar-refractivity contribution in [1.82, 2.24) is 0 Å². The van der Waals surface area contributed by atoms with Crippen LogP contribution in [0.3, 0.4) is 0 Å². The molecule has 0 bridgehead atoms. The summed E-state index contributed by atoms with van der Waals surface area (Å²) in [6.45, 7) is 0. The molecule has 1 aliphatic heterocycles. The second kappa shape index (κ2) is 4.85. The molecular weight excluding hydrogens is 170 g/mol. The Morgan fingerprint density at radius 3 is 2.30 bits per heavy atom. The molecule has 10 heavy (non-hydrogen) atoms. The summed E-state index contributed by atoms with van der Waals surface area (Å²) in [6, 6.07) is 0. The van der Waals surface area contributed by atoms with Gasteiger partial charge in [0.05, 0.1) is 0 Å². The summed E-state index contributed by atoms with van der Waals surface area (Å²) < 4.78 is 0. The van der Waals surface area contributed by atoms with Crippen LogP contribution >= 0.6 is 0 Å². The van der Waals surface area contributed by atoms with Crippen molar-refractivity contribution in [1.29, 1.82) is 0 Å². The zero-order valence-electron chi connectivity index (χ0n) is 5.81. The highest BCUT2D eigenvalue weighted by atomic mass is 35.5. The Kier molecular flexibility index (Phi) is 4.91. The lowest BCUT2D eigenvalue weighted by Crippen LogP contribution is -3.00. The van der Waals surface area contributed by atoms with Crippen molar-refractivity contribution in [2.45, 2.75) is 12.8 Å². The molecule has 0 aromatic carbocycles. The van der Waals surface area contributed by atoms with E-state index in [4.69, 9.17) is 5.73 Å². The minimum absolute atomic E-state index is 0. The summed E-state index contributed by atoms with van der Waals surface area (Å²) >= 11 is 0. The fourth-order valence-electron chi connectivity index (χ4n) is 1.06. The number of hydrogen-bond donors (Lipinski definition) is 1. The highest BCUT2D eigenvalue weighted by Crippen LogP contribution is 2.12. The quantitative estimate of drug-likeness (QED) is 0.451. The number of carbonyl (C=O) groups is 1. The Balaban J connectivity index is 0.000000810. The number of carbonyl (C=O) groups excluding carboxylic acids is 1. The van der Waals surface area contributed by atoms with Gasteiger partial charge in [-0.2, -0.15) is 0 Å². The Morgan fingerprint density at radius 2 is 1.90 bits per heavy atom. The molecule has 1 fully saturated rings. The normalized spacial score (nSPS) is 18.4. The highest BCUT2D eigenvalue weighted by Gasteiger charge is 2.25. The second-order valence-corrected chi connectivity index (χ2v) is 4.67.